The summed E-state index contributed by atoms with van der Waals surface area (Å²) in [7, 11) is -6.19. The average Bonchev–Trinajstić information content (AvgIpc) is 2.55. The van der Waals surface area contributed by atoms with E-state index in [0.29, 0.717) is 5.69 Å². The van der Waals surface area contributed by atoms with E-state index < -0.39 is 25.8 Å². The Bertz CT molecular complexity index is 926. The number of hydrogen-bond donors (Lipinski definition) is 2. The highest BCUT2D eigenvalue weighted by molar-refractivity contribution is 7.92. The summed E-state index contributed by atoms with van der Waals surface area (Å²) in [5.74, 6) is -0.196. The third-order valence-electron chi connectivity index (χ3n) is 3.32. The average molecular weight is 384 g/mol. The van der Waals surface area contributed by atoms with E-state index in [2.05, 4.69) is 9.44 Å². The van der Waals surface area contributed by atoms with E-state index in [-0.39, 0.29) is 17.2 Å². The summed E-state index contributed by atoms with van der Waals surface area (Å²) in [6.45, 7) is 1.49. The summed E-state index contributed by atoms with van der Waals surface area (Å²) in [6.07, 6.45) is 0. The van der Waals surface area contributed by atoms with Gasteiger partial charge in [0.1, 0.15) is 10.6 Å². The fraction of sp³-hybridized carbons (Fsp3) is 0.250. The van der Waals surface area contributed by atoms with Crippen molar-refractivity contribution in [1.29, 1.82) is 0 Å². The molecule has 2 rings (SSSR count). The van der Waals surface area contributed by atoms with Gasteiger partial charge in [-0.2, -0.15) is 0 Å². The predicted octanol–water partition coefficient (Wildman–Crippen LogP) is 1.72. The monoisotopic (exact) mass is 384 g/mol. The van der Waals surface area contributed by atoms with Crippen LogP contribution in [0, 0.1) is 6.92 Å². The highest BCUT2D eigenvalue weighted by atomic mass is 32.2. The molecule has 0 aliphatic heterocycles. The Balaban J connectivity index is 2.04. The Morgan fingerprint density at radius 2 is 1.68 bits per heavy atom. The zero-order valence-electron chi connectivity index (χ0n) is 13.9. The van der Waals surface area contributed by atoms with E-state index in [9.17, 15) is 16.8 Å². The van der Waals surface area contributed by atoms with E-state index >= 15 is 0 Å². The van der Waals surface area contributed by atoms with Crippen LogP contribution in [0.15, 0.2) is 53.4 Å². The molecule has 0 spiro atoms. The lowest BCUT2D eigenvalue weighted by atomic mass is 10.2. The van der Waals surface area contributed by atoms with Crippen LogP contribution in [0.25, 0.3) is 0 Å². The van der Waals surface area contributed by atoms with Gasteiger partial charge in [0.15, 0.2) is 0 Å². The molecule has 0 aliphatic carbocycles. The van der Waals surface area contributed by atoms with Crippen LogP contribution >= 0.6 is 0 Å². The molecule has 0 fully saturated rings. The summed E-state index contributed by atoms with van der Waals surface area (Å²) < 4.78 is 58.6. The normalized spacial score (nSPS) is 11.9. The first kappa shape index (κ1) is 19.2. The van der Waals surface area contributed by atoms with Crippen LogP contribution in [0.4, 0.5) is 5.69 Å². The van der Waals surface area contributed by atoms with Gasteiger partial charge in [0.05, 0.1) is 12.9 Å². The number of anilines is 1. The minimum atomic E-state index is -3.89. The Hall–Kier alpha value is -2.10. The van der Waals surface area contributed by atoms with Gasteiger partial charge in [-0.1, -0.05) is 24.3 Å². The zero-order chi connectivity index (χ0) is 18.5. The summed E-state index contributed by atoms with van der Waals surface area (Å²) in [6, 6.07) is 13.1. The first-order chi connectivity index (χ1) is 11.7. The van der Waals surface area contributed by atoms with Crippen molar-refractivity contribution in [2.75, 3.05) is 24.1 Å². The number of aryl methyl sites for hydroxylation is 1. The second kappa shape index (κ2) is 7.85. The standard InChI is InChI=1S/C16H20N2O5S2/c1-13-8-9-15(23-2)16(12-13)25(21,22)17-10-11-24(19,20)18-14-6-4-3-5-7-14/h3-9,12,17-18H,10-11H2,1-2H3. The summed E-state index contributed by atoms with van der Waals surface area (Å²) in [5, 5.41) is 0. The molecule has 9 heteroatoms. The quantitative estimate of drug-likeness (QED) is 0.722. The fourth-order valence-electron chi connectivity index (χ4n) is 2.12. The number of para-hydroxylation sites is 1. The highest BCUT2D eigenvalue weighted by Crippen LogP contribution is 2.24. The van der Waals surface area contributed by atoms with Crippen LogP contribution in [0.2, 0.25) is 0 Å². The molecular weight excluding hydrogens is 364 g/mol. The molecule has 25 heavy (non-hydrogen) atoms. The van der Waals surface area contributed by atoms with Crippen molar-refractivity contribution in [3.63, 3.8) is 0 Å². The Kier molecular flexibility index (Phi) is 6.04. The van der Waals surface area contributed by atoms with Crippen molar-refractivity contribution in [3.8, 4) is 5.75 Å². The van der Waals surface area contributed by atoms with Crippen LogP contribution in [-0.4, -0.2) is 36.2 Å². The molecule has 2 aromatic rings. The van der Waals surface area contributed by atoms with Gasteiger partial charge < -0.3 is 4.74 Å². The molecule has 2 aromatic carbocycles. The molecule has 0 saturated heterocycles. The predicted molar refractivity (Wildman–Crippen MR) is 96.8 cm³/mol. The van der Waals surface area contributed by atoms with E-state index in [1.165, 1.54) is 13.2 Å². The number of ether oxygens (including phenoxy) is 1. The fourth-order valence-corrected chi connectivity index (χ4v) is 4.50. The maximum atomic E-state index is 12.4. The number of hydrogen-bond acceptors (Lipinski definition) is 5. The zero-order valence-corrected chi connectivity index (χ0v) is 15.5. The van der Waals surface area contributed by atoms with Gasteiger partial charge in [-0.15, -0.1) is 0 Å². The summed E-state index contributed by atoms with van der Waals surface area (Å²) >= 11 is 0. The van der Waals surface area contributed by atoms with Crippen molar-refractivity contribution in [2.45, 2.75) is 11.8 Å². The minimum absolute atomic E-state index is 0.0246. The number of methoxy groups -OCH3 is 1. The van der Waals surface area contributed by atoms with Gasteiger partial charge >= 0.3 is 0 Å². The van der Waals surface area contributed by atoms with Crippen molar-refractivity contribution in [2.24, 2.45) is 0 Å². The Labute approximate surface area is 148 Å². The van der Waals surface area contributed by atoms with Crippen LogP contribution in [0.3, 0.4) is 0 Å². The number of nitrogens with one attached hydrogen (secondary N) is 2. The van der Waals surface area contributed by atoms with E-state index in [1.807, 2.05) is 0 Å². The first-order valence-corrected chi connectivity index (χ1v) is 10.6. The largest absolute Gasteiger partial charge is 0.495 e. The molecule has 0 aliphatic rings. The van der Waals surface area contributed by atoms with E-state index in [1.54, 1.807) is 49.4 Å². The van der Waals surface area contributed by atoms with Gasteiger partial charge in [0.2, 0.25) is 20.0 Å². The molecule has 136 valence electrons. The molecule has 0 bridgehead atoms. The molecule has 0 radical (unpaired) electrons. The Morgan fingerprint density at radius 1 is 1.00 bits per heavy atom. The smallest absolute Gasteiger partial charge is 0.244 e. The molecule has 0 amide bonds. The molecule has 0 unspecified atom stereocenters. The van der Waals surface area contributed by atoms with Crippen LogP contribution in [0.5, 0.6) is 5.75 Å². The lowest BCUT2D eigenvalue weighted by Crippen LogP contribution is -2.31. The molecule has 7 nitrogen and oxygen atoms in total. The van der Waals surface area contributed by atoms with Gasteiger partial charge in [-0.05, 0) is 36.8 Å². The number of rotatable bonds is 8. The second-order valence-electron chi connectivity index (χ2n) is 5.34. The van der Waals surface area contributed by atoms with Crippen molar-refractivity contribution in [1.82, 2.24) is 4.72 Å². The molecular formula is C16H20N2O5S2. The van der Waals surface area contributed by atoms with Gasteiger partial charge in [0.25, 0.3) is 0 Å². The van der Waals surface area contributed by atoms with E-state index in [4.69, 9.17) is 4.74 Å². The van der Waals surface area contributed by atoms with Gasteiger partial charge in [0, 0.05) is 12.2 Å². The van der Waals surface area contributed by atoms with Crippen molar-refractivity contribution >= 4 is 25.7 Å². The number of sulfonamides is 2. The molecule has 0 heterocycles. The third kappa shape index (κ3) is 5.45. The molecule has 2 N–H and O–H groups in total. The first-order valence-electron chi connectivity index (χ1n) is 7.43. The maximum absolute atomic E-state index is 12.4. The summed E-state index contributed by atoms with van der Waals surface area (Å²) in [5.41, 5.74) is 1.17. The van der Waals surface area contributed by atoms with Crippen LogP contribution in [0.1, 0.15) is 5.56 Å². The summed E-state index contributed by atoms with van der Waals surface area (Å²) in [4.78, 5) is -0.0246. The lowest BCUT2D eigenvalue weighted by Gasteiger charge is -2.12. The molecule has 0 aromatic heterocycles. The minimum Gasteiger partial charge on any atom is -0.495 e. The van der Waals surface area contributed by atoms with Gasteiger partial charge in [-0.3, -0.25) is 4.72 Å². The highest BCUT2D eigenvalue weighted by Gasteiger charge is 2.20. The topological polar surface area (TPSA) is 102 Å². The van der Waals surface area contributed by atoms with E-state index in [0.717, 1.165) is 5.56 Å². The lowest BCUT2D eigenvalue weighted by molar-refractivity contribution is 0.402. The van der Waals surface area contributed by atoms with Crippen LogP contribution in [-0.2, 0) is 20.0 Å². The van der Waals surface area contributed by atoms with Crippen LogP contribution < -0.4 is 14.2 Å². The molecule has 0 saturated carbocycles. The number of benzene rings is 2. The van der Waals surface area contributed by atoms with Crippen molar-refractivity contribution in [3.05, 3.63) is 54.1 Å². The second-order valence-corrected chi connectivity index (χ2v) is 8.92. The molecule has 0 atom stereocenters. The maximum Gasteiger partial charge on any atom is 0.244 e. The van der Waals surface area contributed by atoms with Crippen molar-refractivity contribution < 1.29 is 21.6 Å². The SMILES string of the molecule is COc1ccc(C)cc1S(=O)(=O)NCCS(=O)(=O)Nc1ccccc1. The van der Waals surface area contributed by atoms with Gasteiger partial charge in [-0.25, -0.2) is 21.6 Å². The Morgan fingerprint density at radius 3 is 2.32 bits per heavy atom. The third-order valence-corrected chi connectivity index (χ3v) is 6.09.